The van der Waals surface area contributed by atoms with Crippen LogP contribution in [0.3, 0.4) is 0 Å². The summed E-state index contributed by atoms with van der Waals surface area (Å²) in [4.78, 5) is 11.0. The largest absolute Gasteiger partial charge is 0.466 e. The molecule has 0 amide bonds. The van der Waals surface area contributed by atoms with Crippen LogP contribution in [0.4, 0.5) is 8.78 Å². The van der Waals surface area contributed by atoms with Gasteiger partial charge in [-0.25, -0.2) is 8.78 Å². The minimum Gasteiger partial charge on any atom is -0.466 e. The summed E-state index contributed by atoms with van der Waals surface area (Å²) in [5.41, 5.74) is 0. The summed E-state index contributed by atoms with van der Waals surface area (Å²) in [6.45, 7) is 1.84. The zero-order chi connectivity index (χ0) is 11.3. The van der Waals surface area contributed by atoms with E-state index >= 15 is 0 Å². The summed E-state index contributed by atoms with van der Waals surface area (Å²) < 4.78 is 30.2. The number of nitrogens with one attached hydrogen (secondary N) is 1. The third-order valence-electron chi connectivity index (χ3n) is 2.51. The van der Waals surface area contributed by atoms with Gasteiger partial charge in [0.1, 0.15) is 0 Å². The second kappa shape index (κ2) is 5.39. The summed E-state index contributed by atoms with van der Waals surface area (Å²) in [5, 5.41) is 2.75. The minimum atomic E-state index is -2.58. The maximum absolute atomic E-state index is 12.7. The standard InChI is InChI=1S/C10H17F2NO2/c1-2-15-9(14)4-3-8-5-6-10(11,12)7-13-8/h8,13H,2-7H2,1H3. The number of carbonyl (C=O) groups is 1. The van der Waals surface area contributed by atoms with Crippen LogP contribution in [0, 0.1) is 0 Å². The van der Waals surface area contributed by atoms with Gasteiger partial charge < -0.3 is 10.1 Å². The van der Waals surface area contributed by atoms with Gasteiger partial charge in [-0.2, -0.15) is 0 Å². The van der Waals surface area contributed by atoms with Gasteiger partial charge in [0.25, 0.3) is 5.92 Å². The van der Waals surface area contributed by atoms with Gasteiger partial charge in [0, 0.05) is 18.9 Å². The highest BCUT2D eigenvalue weighted by atomic mass is 19.3. The van der Waals surface area contributed by atoms with Crippen molar-refractivity contribution in [3.05, 3.63) is 0 Å². The van der Waals surface area contributed by atoms with Gasteiger partial charge >= 0.3 is 5.97 Å². The summed E-state index contributed by atoms with van der Waals surface area (Å²) in [5.74, 6) is -2.84. The molecule has 1 fully saturated rings. The summed E-state index contributed by atoms with van der Waals surface area (Å²) >= 11 is 0. The van der Waals surface area contributed by atoms with Crippen molar-refractivity contribution < 1.29 is 18.3 Å². The van der Waals surface area contributed by atoms with Gasteiger partial charge in [-0.05, 0) is 19.8 Å². The zero-order valence-electron chi connectivity index (χ0n) is 8.89. The van der Waals surface area contributed by atoms with Crippen LogP contribution in [0.1, 0.15) is 32.6 Å². The first-order valence-electron chi connectivity index (χ1n) is 5.30. The normalized spacial score (nSPS) is 24.9. The van der Waals surface area contributed by atoms with Crippen molar-refractivity contribution in [1.29, 1.82) is 0 Å². The molecule has 1 N–H and O–H groups in total. The molecule has 1 atom stereocenters. The highest BCUT2D eigenvalue weighted by Gasteiger charge is 2.34. The number of halogens is 2. The molecule has 3 nitrogen and oxygen atoms in total. The molecule has 15 heavy (non-hydrogen) atoms. The number of carbonyl (C=O) groups excluding carboxylic acids is 1. The Labute approximate surface area is 88.2 Å². The predicted octanol–water partition coefficient (Wildman–Crippen LogP) is 1.72. The monoisotopic (exact) mass is 221 g/mol. The molecule has 5 heteroatoms. The van der Waals surface area contributed by atoms with Crippen LogP contribution >= 0.6 is 0 Å². The zero-order valence-corrected chi connectivity index (χ0v) is 8.89. The fraction of sp³-hybridized carbons (Fsp3) is 0.900. The number of ether oxygens (including phenoxy) is 1. The van der Waals surface area contributed by atoms with Crippen molar-refractivity contribution in [2.75, 3.05) is 13.2 Å². The Hall–Kier alpha value is -0.710. The maximum Gasteiger partial charge on any atom is 0.305 e. The Morgan fingerprint density at radius 3 is 2.87 bits per heavy atom. The van der Waals surface area contributed by atoms with E-state index in [4.69, 9.17) is 4.74 Å². The van der Waals surface area contributed by atoms with Gasteiger partial charge in [-0.15, -0.1) is 0 Å². The molecular formula is C10H17F2NO2. The van der Waals surface area contributed by atoms with E-state index in [1.165, 1.54) is 0 Å². The first-order chi connectivity index (χ1) is 7.03. The molecule has 0 aromatic heterocycles. The second-order valence-electron chi connectivity index (χ2n) is 3.82. The fourth-order valence-corrected chi connectivity index (χ4v) is 1.64. The first-order valence-corrected chi connectivity index (χ1v) is 5.30. The Bertz CT molecular complexity index is 211. The third-order valence-corrected chi connectivity index (χ3v) is 2.51. The van der Waals surface area contributed by atoms with Crippen LogP contribution in [0.5, 0.6) is 0 Å². The molecule has 1 aliphatic rings. The molecule has 0 saturated carbocycles. The van der Waals surface area contributed by atoms with Crippen LogP contribution in [0.2, 0.25) is 0 Å². The van der Waals surface area contributed by atoms with E-state index in [0.29, 0.717) is 25.9 Å². The number of rotatable bonds is 4. The maximum atomic E-state index is 12.7. The van der Waals surface area contributed by atoms with Crippen molar-refractivity contribution >= 4 is 5.97 Å². The molecular weight excluding hydrogens is 204 g/mol. The number of hydrogen-bond acceptors (Lipinski definition) is 3. The number of hydrogen-bond donors (Lipinski definition) is 1. The van der Waals surface area contributed by atoms with Crippen LogP contribution in [-0.2, 0) is 9.53 Å². The smallest absolute Gasteiger partial charge is 0.305 e. The molecule has 1 unspecified atom stereocenters. The van der Waals surface area contributed by atoms with Gasteiger partial charge in [0.2, 0.25) is 0 Å². The summed E-state index contributed by atoms with van der Waals surface area (Å²) in [7, 11) is 0. The highest BCUT2D eigenvalue weighted by molar-refractivity contribution is 5.69. The minimum absolute atomic E-state index is 0.0223. The quantitative estimate of drug-likeness (QED) is 0.734. The van der Waals surface area contributed by atoms with E-state index < -0.39 is 5.92 Å². The Morgan fingerprint density at radius 2 is 2.33 bits per heavy atom. The lowest BCUT2D eigenvalue weighted by Crippen LogP contribution is -2.45. The van der Waals surface area contributed by atoms with Gasteiger partial charge in [0.05, 0.1) is 13.2 Å². The van der Waals surface area contributed by atoms with Crippen molar-refractivity contribution in [3.63, 3.8) is 0 Å². The van der Waals surface area contributed by atoms with Crippen molar-refractivity contribution in [3.8, 4) is 0 Å². The average Bonchev–Trinajstić information content (AvgIpc) is 2.17. The third kappa shape index (κ3) is 4.55. The highest BCUT2D eigenvalue weighted by Crippen LogP contribution is 2.25. The molecule has 88 valence electrons. The summed E-state index contributed by atoms with van der Waals surface area (Å²) in [6.07, 6.45) is 1.21. The average molecular weight is 221 g/mol. The number of alkyl halides is 2. The number of esters is 1. The lowest BCUT2D eigenvalue weighted by Gasteiger charge is -2.29. The molecule has 0 spiro atoms. The topological polar surface area (TPSA) is 38.3 Å². The lowest BCUT2D eigenvalue weighted by atomic mass is 9.98. The molecule has 0 aromatic rings. The van der Waals surface area contributed by atoms with Crippen LogP contribution < -0.4 is 5.32 Å². The second-order valence-corrected chi connectivity index (χ2v) is 3.82. The molecule has 1 saturated heterocycles. The van der Waals surface area contributed by atoms with E-state index in [1.807, 2.05) is 0 Å². The Kier molecular flexibility index (Phi) is 4.45. The van der Waals surface area contributed by atoms with Gasteiger partial charge in [0.15, 0.2) is 0 Å². The van der Waals surface area contributed by atoms with E-state index in [2.05, 4.69) is 5.32 Å². The van der Waals surface area contributed by atoms with E-state index in [9.17, 15) is 13.6 Å². The predicted molar refractivity (Wildman–Crippen MR) is 51.8 cm³/mol. The molecule has 1 heterocycles. The van der Waals surface area contributed by atoms with Gasteiger partial charge in [-0.3, -0.25) is 4.79 Å². The summed E-state index contributed by atoms with van der Waals surface area (Å²) in [6, 6.07) is 0.0223. The lowest BCUT2D eigenvalue weighted by molar-refractivity contribution is -0.143. The van der Waals surface area contributed by atoms with Crippen LogP contribution in [0.25, 0.3) is 0 Å². The van der Waals surface area contributed by atoms with Crippen molar-refractivity contribution in [2.24, 2.45) is 0 Å². The molecule has 0 aromatic carbocycles. The van der Waals surface area contributed by atoms with Crippen molar-refractivity contribution in [1.82, 2.24) is 5.32 Å². The molecule has 0 radical (unpaired) electrons. The molecule has 0 aliphatic carbocycles. The number of piperidine rings is 1. The fourth-order valence-electron chi connectivity index (χ4n) is 1.64. The van der Waals surface area contributed by atoms with Gasteiger partial charge in [-0.1, -0.05) is 0 Å². The Morgan fingerprint density at radius 1 is 1.60 bits per heavy atom. The molecule has 1 aliphatic heterocycles. The van der Waals surface area contributed by atoms with E-state index in [0.717, 1.165) is 0 Å². The Balaban J connectivity index is 2.16. The molecule has 0 bridgehead atoms. The van der Waals surface area contributed by atoms with Crippen molar-refractivity contribution in [2.45, 2.75) is 44.6 Å². The van der Waals surface area contributed by atoms with E-state index in [-0.39, 0.29) is 25.0 Å². The van der Waals surface area contributed by atoms with Crippen LogP contribution in [-0.4, -0.2) is 31.1 Å². The van der Waals surface area contributed by atoms with Crippen LogP contribution in [0.15, 0.2) is 0 Å². The van der Waals surface area contributed by atoms with E-state index in [1.54, 1.807) is 6.92 Å². The SMILES string of the molecule is CCOC(=O)CCC1CCC(F)(F)CN1. The first kappa shape index (κ1) is 12.4. The molecule has 1 rings (SSSR count).